The van der Waals surface area contributed by atoms with Gasteiger partial charge in [0, 0.05) is 16.1 Å². The van der Waals surface area contributed by atoms with E-state index in [1.165, 1.54) is 18.4 Å². The summed E-state index contributed by atoms with van der Waals surface area (Å²) < 4.78 is 4.71. The smallest absolute Gasteiger partial charge is 0.339 e. The van der Waals surface area contributed by atoms with Crippen molar-refractivity contribution >= 4 is 57.4 Å². The maximum absolute atomic E-state index is 12.3. The van der Waals surface area contributed by atoms with Crippen LogP contribution in [0.25, 0.3) is 0 Å². The molecule has 1 aromatic heterocycles. The van der Waals surface area contributed by atoms with E-state index in [-0.39, 0.29) is 17.9 Å². The third kappa shape index (κ3) is 5.79. The summed E-state index contributed by atoms with van der Waals surface area (Å²) in [5.74, 6) is -0.897. The molecule has 0 bridgehead atoms. The average molecular weight is 445 g/mol. The van der Waals surface area contributed by atoms with Gasteiger partial charge in [-0.3, -0.25) is 10.1 Å². The van der Waals surface area contributed by atoms with Crippen LogP contribution >= 0.6 is 22.9 Å². The number of thiazole rings is 1. The monoisotopic (exact) mass is 444 g/mol. The average Bonchev–Trinajstić information content (AvgIpc) is 3.15. The first-order chi connectivity index (χ1) is 14.4. The molecule has 10 heteroatoms. The molecule has 2 aromatic carbocycles. The van der Waals surface area contributed by atoms with Crippen LogP contribution in [0.2, 0.25) is 5.02 Å². The van der Waals surface area contributed by atoms with Crippen molar-refractivity contribution in [3.8, 4) is 0 Å². The molecule has 154 valence electrons. The molecule has 0 unspecified atom stereocenters. The Balaban J connectivity index is 1.56. The Morgan fingerprint density at radius 1 is 1.03 bits per heavy atom. The van der Waals surface area contributed by atoms with Crippen molar-refractivity contribution in [2.24, 2.45) is 0 Å². The van der Waals surface area contributed by atoms with E-state index in [0.717, 1.165) is 0 Å². The van der Waals surface area contributed by atoms with E-state index in [9.17, 15) is 14.4 Å². The van der Waals surface area contributed by atoms with Gasteiger partial charge in [0.05, 0.1) is 30.5 Å². The van der Waals surface area contributed by atoms with Crippen molar-refractivity contribution in [1.82, 2.24) is 4.98 Å². The minimum atomic E-state index is -0.544. The van der Waals surface area contributed by atoms with E-state index in [2.05, 4.69) is 20.9 Å². The van der Waals surface area contributed by atoms with Crippen molar-refractivity contribution in [1.29, 1.82) is 0 Å². The number of rotatable bonds is 6. The number of nitrogens with one attached hydrogen (secondary N) is 3. The van der Waals surface area contributed by atoms with Crippen molar-refractivity contribution in [2.45, 2.75) is 6.42 Å². The molecule has 8 nitrogen and oxygen atoms in total. The fraction of sp³-hybridized carbons (Fsp3) is 0.100. The molecule has 1 heterocycles. The number of ether oxygens (including phenoxy) is 1. The lowest BCUT2D eigenvalue weighted by Gasteiger charge is -2.08. The van der Waals surface area contributed by atoms with Crippen LogP contribution in [-0.2, 0) is 16.0 Å². The SMILES string of the molecule is COC(=O)c1ccccc1NC(=O)Cc1csc(NC(=O)Nc2ccc(Cl)cc2)n1. The van der Waals surface area contributed by atoms with Gasteiger partial charge in [0.15, 0.2) is 5.13 Å². The number of amides is 3. The van der Waals surface area contributed by atoms with E-state index in [0.29, 0.717) is 27.2 Å². The quantitative estimate of drug-likeness (QED) is 0.488. The Hall–Kier alpha value is -3.43. The van der Waals surface area contributed by atoms with Crippen LogP contribution in [0.15, 0.2) is 53.9 Å². The first kappa shape index (κ1) is 21.3. The summed E-state index contributed by atoms with van der Waals surface area (Å²) in [5, 5.41) is 10.5. The molecule has 0 spiro atoms. The molecular formula is C20H17ClN4O4S. The maximum Gasteiger partial charge on any atom is 0.339 e. The summed E-state index contributed by atoms with van der Waals surface area (Å²) in [6, 6.07) is 12.8. The van der Waals surface area contributed by atoms with Gasteiger partial charge >= 0.3 is 12.0 Å². The molecule has 0 atom stereocenters. The lowest BCUT2D eigenvalue weighted by atomic mass is 10.1. The van der Waals surface area contributed by atoms with Crippen LogP contribution in [0.5, 0.6) is 0 Å². The number of carbonyl (C=O) groups excluding carboxylic acids is 3. The summed E-state index contributed by atoms with van der Waals surface area (Å²) in [4.78, 5) is 40.4. The summed E-state index contributed by atoms with van der Waals surface area (Å²) in [6.07, 6.45) is -0.0213. The number of carbonyl (C=O) groups is 3. The second-order valence-corrected chi connectivity index (χ2v) is 7.29. The first-order valence-electron chi connectivity index (χ1n) is 8.70. The molecule has 3 amide bonds. The first-order valence-corrected chi connectivity index (χ1v) is 9.95. The van der Waals surface area contributed by atoms with Gasteiger partial charge in [-0.25, -0.2) is 14.6 Å². The number of nitrogens with zero attached hydrogens (tertiary/aromatic N) is 1. The van der Waals surface area contributed by atoms with E-state index in [1.54, 1.807) is 53.9 Å². The maximum atomic E-state index is 12.3. The van der Waals surface area contributed by atoms with Gasteiger partial charge in [-0.05, 0) is 36.4 Å². The molecule has 3 N–H and O–H groups in total. The van der Waals surface area contributed by atoms with Crippen LogP contribution in [0, 0.1) is 0 Å². The van der Waals surface area contributed by atoms with Crippen LogP contribution < -0.4 is 16.0 Å². The number of aromatic nitrogens is 1. The molecule has 0 saturated carbocycles. The summed E-state index contributed by atoms with van der Waals surface area (Å²) in [5.41, 5.74) is 1.67. The van der Waals surface area contributed by atoms with Crippen LogP contribution in [0.1, 0.15) is 16.1 Å². The summed E-state index contributed by atoms with van der Waals surface area (Å²) in [7, 11) is 1.27. The Morgan fingerprint density at radius 2 is 1.77 bits per heavy atom. The lowest BCUT2D eigenvalue weighted by molar-refractivity contribution is -0.115. The molecule has 3 rings (SSSR count). The number of urea groups is 1. The zero-order valence-corrected chi connectivity index (χ0v) is 17.3. The number of esters is 1. The second kappa shape index (κ2) is 9.86. The fourth-order valence-electron chi connectivity index (χ4n) is 2.48. The number of hydrogen-bond donors (Lipinski definition) is 3. The molecular weight excluding hydrogens is 428 g/mol. The fourth-order valence-corrected chi connectivity index (χ4v) is 3.31. The van der Waals surface area contributed by atoms with Crippen molar-refractivity contribution < 1.29 is 19.1 Å². The number of anilines is 3. The Kier molecular flexibility index (Phi) is 6.99. The molecule has 0 fully saturated rings. The second-order valence-electron chi connectivity index (χ2n) is 5.99. The van der Waals surface area contributed by atoms with E-state index < -0.39 is 12.0 Å². The summed E-state index contributed by atoms with van der Waals surface area (Å²) in [6.45, 7) is 0. The van der Waals surface area contributed by atoms with Crippen LogP contribution in [0.3, 0.4) is 0 Å². The molecule has 0 saturated heterocycles. The molecule has 0 aliphatic rings. The standard InChI is InChI=1S/C20H17ClN4O4S/c1-29-18(27)15-4-2-3-5-16(15)24-17(26)10-14-11-30-20(23-14)25-19(28)22-13-8-6-12(21)7-9-13/h2-9,11H,10H2,1H3,(H,24,26)(H2,22,23,25,28). The number of hydrogen-bond acceptors (Lipinski definition) is 6. The summed E-state index contributed by atoms with van der Waals surface area (Å²) >= 11 is 7.01. The topological polar surface area (TPSA) is 109 Å². The highest BCUT2D eigenvalue weighted by molar-refractivity contribution is 7.14. The highest BCUT2D eigenvalue weighted by atomic mass is 35.5. The van der Waals surface area contributed by atoms with Gasteiger partial charge in [0.1, 0.15) is 0 Å². The van der Waals surface area contributed by atoms with Crippen LogP contribution in [0.4, 0.5) is 21.3 Å². The molecule has 0 radical (unpaired) electrons. The number of methoxy groups -OCH3 is 1. The minimum absolute atomic E-state index is 0.0213. The molecule has 0 aliphatic heterocycles. The number of benzene rings is 2. The van der Waals surface area contributed by atoms with Crippen molar-refractivity contribution in [3.63, 3.8) is 0 Å². The molecule has 30 heavy (non-hydrogen) atoms. The number of para-hydroxylation sites is 1. The lowest BCUT2D eigenvalue weighted by Crippen LogP contribution is -2.19. The third-order valence-corrected chi connectivity index (χ3v) is 4.88. The van der Waals surface area contributed by atoms with Gasteiger partial charge in [-0.15, -0.1) is 11.3 Å². The molecule has 3 aromatic rings. The normalized spacial score (nSPS) is 10.2. The minimum Gasteiger partial charge on any atom is -0.465 e. The van der Waals surface area contributed by atoms with E-state index >= 15 is 0 Å². The Morgan fingerprint density at radius 3 is 2.50 bits per heavy atom. The Labute approximate surface area is 181 Å². The highest BCUT2D eigenvalue weighted by Gasteiger charge is 2.15. The van der Waals surface area contributed by atoms with Crippen molar-refractivity contribution in [3.05, 3.63) is 70.2 Å². The third-order valence-electron chi connectivity index (χ3n) is 3.82. The Bertz CT molecular complexity index is 1070. The highest BCUT2D eigenvalue weighted by Crippen LogP contribution is 2.19. The zero-order chi connectivity index (χ0) is 21.5. The van der Waals surface area contributed by atoms with Crippen LogP contribution in [-0.4, -0.2) is 30.0 Å². The van der Waals surface area contributed by atoms with Gasteiger partial charge in [-0.2, -0.15) is 0 Å². The predicted molar refractivity (Wildman–Crippen MR) is 116 cm³/mol. The largest absolute Gasteiger partial charge is 0.465 e. The van der Waals surface area contributed by atoms with Gasteiger partial charge in [0.25, 0.3) is 0 Å². The van der Waals surface area contributed by atoms with Gasteiger partial charge in [0.2, 0.25) is 5.91 Å². The predicted octanol–water partition coefficient (Wildman–Crippen LogP) is 4.41. The van der Waals surface area contributed by atoms with E-state index in [4.69, 9.17) is 16.3 Å². The van der Waals surface area contributed by atoms with E-state index in [1.807, 2.05) is 0 Å². The van der Waals surface area contributed by atoms with Gasteiger partial charge < -0.3 is 15.4 Å². The van der Waals surface area contributed by atoms with Gasteiger partial charge in [-0.1, -0.05) is 23.7 Å². The van der Waals surface area contributed by atoms with Crippen molar-refractivity contribution in [2.75, 3.05) is 23.1 Å². The number of halogens is 1. The molecule has 0 aliphatic carbocycles. The zero-order valence-electron chi connectivity index (χ0n) is 15.8.